The number of hydrogen-bond acceptors (Lipinski definition) is 5. The molecule has 1 aromatic carbocycles. The van der Waals surface area contributed by atoms with Crippen molar-refractivity contribution in [3.63, 3.8) is 0 Å². The Bertz CT molecular complexity index is 1280. The molecule has 0 aliphatic carbocycles. The molecule has 3 aromatic heterocycles. The molecule has 0 radical (unpaired) electrons. The van der Waals surface area contributed by atoms with E-state index in [-0.39, 0.29) is 0 Å². The summed E-state index contributed by atoms with van der Waals surface area (Å²) in [4.78, 5) is 17.7. The molecule has 4 aromatic rings. The number of aryl methyl sites for hydroxylation is 1. The van der Waals surface area contributed by atoms with Gasteiger partial charge in [-0.25, -0.2) is 9.67 Å². The Hall–Kier alpha value is -3.73. The number of benzene rings is 1. The van der Waals surface area contributed by atoms with Gasteiger partial charge < -0.3 is 10.1 Å². The molecule has 11 heteroatoms. The van der Waals surface area contributed by atoms with Gasteiger partial charge in [-0.1, -0.05) is 18.2 Å². The van der Waals surface area contributed by atoms with Crippen LogP contribution in [-0.4, -0.2) is 43.2 Å². The molecule has 4 rings (SSSR count). The first-order valence-corrected chi connectivity index (χ1v) is 9.58. The fourth-order valence-electron chi connectivity index (χ4n) is 3.20. The first-order valence-electron chi connectivity index (χ1n) is 9.58. The van der Waals surface area contributed by atoms with Crippen molar-refractivity contribution in [2.75, 3.05) is 11.9 Å². The maximum Gasteiger partial charge on any atom is 0.411 e. The third kappa shape index (κ3) is 4.62. The van der Waals surface area contributed by atoms with Crippen LogP contribution in [0.25, 0.3) is 22.2 Å². The minimum absolute atomic E-state index is 0.325. The van der Waals surface area contributed by atoms with Crippen molar-refractivity contribution in [3.05, 3.63) is 60.2 Å². The number of anilines is 1. The highest BCUT2D eigenvalue weighted by Crippen LogP contribution is 2.27. The summed E-state index contributed by atoms with van der Waals surface area (Å²) in [5.74, 6) is -0.401. The molecule has 0 saturated carbocycles. The number of hydrogen-bond donors (Lipinski definition) is 1. The van der Waals surface area contributed by atoms with Gasteiger partial charge in [0.05, 0.1) is 41.1 Å². The highest BCUT2D eigenvalue weighted by atomic mass is 19.4. The molecule has 1 N–H and O–H groups in total. The van der Waals surface area contributed by atoms with Crippen LogP contribution >= 0.6 is 0 Å². The van der Waals surface area contributed by atoms with Crippen molar-refractivity contribution in [3.8, 4) is 11.3 Å². The second kappa shape index (κ2) is 8.42. The van der Waals surface area contributed by atoms with Crippen LogP contribution in [0.15, 0.2) is 48.9 Å². The largest absolute Gasteiger partial charge is 0.411 e. The van der Waals surface area contributed by atoms with Gasteiger partial charge in [-0.15, -0.1) is 0 Å². The smallest absolute Gasteiger partial charge is 0.350 e. The van der Waals surface area contributed by atoms with Crippen molar-refractivity contribution in [2.24, 2.45) is 7.05 Å². The molecule has 0 aliphatic heterocycles. The van der Waals surface area contributed by atoms with Crippen LogP contribution in [0.1, 0.15) is 16.1 Å². The third-order valence-corrected chi connectivity index (χ3v) is 4.85. The van der Waals surface area contributed by atoms with Gasteiger partial charge in [0.15, 0.2) is 0 Å². The SMILES string of the molecule is Cc1c(-c2cc(C(=O)Nc3cnn(COCC(F)(F)F)c3)c3ccccc3n2)cnn1C. The van der Waals surface area contributed by atoms with E-state index in [0.717, 1.165) is 15.9 Å². The van der Waals surface area contributed by atoms with Gasteiger partial charge >= 0.3 is 6.18 Å². The normalized spacial score (nSPS) is 11.8. The average molecular weight is 444 g/mol. The van der Waals surface area contributed by atoms with Crippen molar-refractivity contribution >= 4 is 22.5 Å². The number of carbonyl (C=O) groups excluding carboxylic acids is 1. The fraction of sp³-hybridized carbons (Fsp3) is 0.238. The van der Waals surface area contributed by atoms with E-state index in [1.807, 2.05) is 32.2 Å². The predicted octanol–water partition coefficient (Wildman–Crippen LogP) is 3.93. The summed E-state index contributed by atoms with van der Waals surface area (Å²) in [5.41, 5.74) is 3.69. The zero-order valence-corrected chi connectivity index (χ0v) is 17.2. The van der Waals surface area contributed by atoms with Crippen LogP contribution in [0.3, 0.4) is 0 Å². The molecule has 0 unspecified atom stereocenters. The number of amides is 1. The fourth-order valence-corrected chi connectivity index (χ4v) is 3.20. The lowest BCUT2D eigenvalue weighted by Gasteiger charge is -2.10. The van der Waals surface area contributed by atoms with Crippen LogP contribution in [0.2, 0.25) is 0 Å². The van der Waals surface area contributed by atoms with Gasteiger partial charge in [-0.2, -0.15) is 23.4 Å². The maximum atomic E-state index is 13.1. The van der Waals surface area contributed by atoms with Crippen LogP contribution in [0, 0.1) is 6.92 Å². The zero-order valence-electron chi connectivity index (χ0n) is 17.2. The summed E-state index contributed by atoms with van der Waals surface area (Å²) in [6.45, 7) is 0.139. The molecule has 1 amide bonds. The number of nitrogens with zero attached hydrogens (tertiary/aromatic N) is 5. The molecule has 0 fully saturated rings. The average Bonchev–Trinajstić information content (AvgIpc) is 3.32. The van der Waals surface area contributed by atoms with Gasteiger partial charge in [0.1, 0.15) is 13.3 Å². The first kappa shape index (κ1) is 21.5. The summed E-state index contributed by atoms with van der Waals surface area (Å²) >= 11 is 0. The van der Waals surface area contributed by atoms with Crippen molar-refractivity contribution in [2.45, 2.75) is 19.8 Å². The molecular formula is C21H19F3N6O2. The standard InChI is InChI=1S/C21H19F3N6O2/c1-13-17(9-25-29(13)2)19-7-16(15-5-3-4-6-18(15)28-19)20(31)27-14-8-26-30(10-14)12-32-11-21(22,23)24/h3-10H,11-12H2,1-2H3,(H,27,31). The minimum atomic E-state index is -4.42. The molecule has 32 heavy (non-hydrogen) atoms. The topological polar surface area (TPSA) is 86.9 Å². The van der Waals surface area contributed by atoms with E-state index < -0.39 is 25.4 Å². The molecule has 0 bridgehead atoms. The Labute approximate surface area is 180 Å². The number of nitrogens with one attached hydrogen (secondary N) is 1. The summed E-state index contributed by atoms with van der Waals surface area (Å²) in [5, 5.41) is 11.5. The van der Waals surface area contributed by atoms with Gasteiger partial charge in [0.2, 0.25) is 0 Å². The lowest BCUT2D eigenvalue weighted by atomic mass is 10.0. The zero-order chi connectivity index (χ0) is 22.9. The van der Waals surface area contributed by atoms with Gasteiger partial charge in [0.25, 0.3) is 5.91 Å². The molecule has 0 spiro atoms. The Kier molecular flexibility index (Phi) is 5.66. The Morgan fingerprint density at radius 1 is 1.19 bits per heavy atom. The second-order valence-corrected chi connectivity index (χ2v) is 7.15. The van der Waals surface area contributed by atoms with Crippen LogP contribution in [0.5, 0.6) is 0 Å². The van der Waals surface area contributed by atoms with E-state index in [1.165, 1.54) is 12.4 Å². The van der Waals surface area contributed by atoms with E-state index in [9.17, 15) is 18.0 Å². The van der Waals surface area contributed by atoms with Gasteiger partial charge in [0, 0.05) is 23.7 Å². The molecule has 0 saturated heterocycles. The summed E-state index contributed by atoms with van der Waals surface area (Å²) in [7, 11) is 1.82. The highest BCUT2D eigenvalue weighted by Gasteiger charge is 2.27. The van der Waals surface area contributed by atoms with E-state index in [4.69, 9.17) is 0 Å². The second-order valence-electron chi connectivity index (χ2n) is 7.15. The highest BCUT2D eigenvalue weighted by molar-refractivity contribution is 6.13. The number of para-hydroxylation sites is 1. The Morgan fingerprint density at radius 2 is 1.97 bits per heavy atom. The molecule has 166 valence electrons. The third-order valence-electron chi connectivity index (χ3n) is 4.85. The van der Waals surface area contributed by atoms with Gasteiger partial charge in [-0.3, -0.25) is 9.48 Å². The minimum Gasteiger partial charge on any atom is -0.350 e. The summed E-state index contributed by atoms with van der Waals surface area (Å²) in [6.07, 6.45) is 0.00424. The van der Waals surface area contributed by atoms with Crippen LogP contribution in [0.4, 0.5) is 18.9 Å². The van der Waals surface area contributed by atoms with Crippen LogP contribution in [-0.2, 0) is 18.5 Å². The van der Waals surface area contributed by atoms with Gasteiger partial charge in [-0.05, 0) is 19.1 Å². The van der Waals surface area contributed by atoms with E-state index >= 15 is 0 Å². The number of halogens is 3. The lowest BCUT2D eigenvalue weighted by molar-refractivity contribution is -0.182. The molecule has 0 atom stereocenters. The van der Waals surface area contributed by atoms with E-state index in [1.54, 1.807) is 23.0 Å². The molecular weight excluding hydrogens is 425 g/mol. The Balaban J connectivity index is 1.59. The van der Waals surface area contributed by atoms with E-state index in [0.29, 0.717) is 27.8 Å². The monoisotopic (exact) mass is 444 g/mol. The predicted molar refractivity (Wildman–Crippen MR) is 111 cm³/mol. The number of carbonyl (C=O) groups is 1. The van der Waals surface area contributed by atoms with Crippen molar-refractivity contribution in [1.29, 1.82) is 0 Å². The molecule has 0 aliphatic rings. The number of fused-ring (bicyclic) bond motifs is 1. The number of pyridine rings is 1. The lowest BCUT2D eigenvalue weighted by Crippen LogP contribution is -2.18. The number of alkyl halides is 3. The van der Waals surface area contributed by atoms with Crippen LogP contribution < -0.4 is 5.32 Å². The molecule has 8 nitrogen and oxygen atoms in total. The summed E-state index contributed by atoms with van der Waals surface area (Å²) in [6, 6.07) is 8.95. The molecule has 3 heterocycles. The quantitative estimate of drug-likeness (QED) is 0.487. The van der Waals surface area contributed by atoms with E-state index in [2.05, 4.69) is 25.2 Å². The number of aromatic nitrogens is 5. The summed E-state index contributed by atoms with van der Waals surface area (Å²) < 4.78 is 44.1. The maximum absolute atomic E-state index is 13.1. The van der Waals surface area contributed by atoms with Crippen molar-refractivity contribution < 1.29 is 22.7 Å². The number of ether oxygens (including phenoxy) is 1. The van der Waals surface area contributed by atoms with Crippen molar-refractivity contribution in [1.82, 2.24) is 24.5 Å². The first-order chi connectivity index (χ1) is 15.2. The number of rotatable bonds is 6. The Morgan fingerprint density at radius 3 is 2.69 bits per heavy atom.